The zero-order chi connectivity index (χ0) is 11.5. The van der Waals surface area contributed by atoms with E-state index >= 15 is 0 Å². The van der Waals surface area contributed by atoms with Crippen molar-refractivity contribution in [2.24, 2.45) is 0 Å². The number of benzene rings is 1. The lowest BCUT2D eigenvalue weighted by atomic mass is 10.2. The first kappa shape index (κ1) is 11.3. The smallest absolute Gasteiger partial charge is 0.194 e. The molecular weight excluding hydrogens is 221 g/mol. The molecule has 0 unspecified atom stereocenters. The molecule has 0 radical (unpaired) electrons. The summed E-state index contributed by atoms with van der Waals surface area (Å²) in [6.45, 7) is 0.907. The van der Waals surface area contributed by atoms with Crippen molar-refractivity contribution in [3.8, 4) is 5.75 Å². The van der Waals surface area contributed by atoms with Gasteiger partial charge in [0.1, 0.15) is 12.4 Å². The van der Waals surface area contributed by atoms with Crippen LogP contribution in [0.4, 0.5) is 13.2 Å². The lowest BCUT2D eigenvalue weighted by Crippen LogP contribution is -2.16. The molecule has 0 amide bonds. The Morgan fingerprint density at radius 2 is 1.94 bits per heavy atom. The van der Waals surface area contributed by atoms with E-state index in [2.05, 4.69) is 0 Å². The molecule has 2 nitrogen and oxygen atoms in total. The number of ether oxygens (including phenoxy) is 2. The van der Waals surface area contributed by atoms with Gasteiger partial charge in [-0.2, -0.15) is 0 Å². The van der Waals surface area contributed by atoms with Gasteiger partial charge in [-0.25, -0.2) is 13.2 Å². The second-order valence-electron chi connectivity index (χ2n) is 3.65. The second kappa shape index (κ2) is 4.74. The van der Waals surface area contributed by atoms with Gasteiger partial charge >= 0.3 is 0 Å². The Labute approximate surface area is 91.0 Å². The fraction of sp³-hybridized carbons (Fsp3) is 0.455. The third-order valence-electron chi connectivity index (χ3n) is 2.42. The molecule has 0 N–H and O–H groups in total. The molecule has 1 atom stereocenters. The van der Waals surface area contributed by atoms with Crippen LogP contribution in [0.3, 0.4) is 0 Å². The van der Waals surface area contributed by atoms with Crippen molar-refractivity contribution in [2.75, 3.05) is 13.2 Å². The fourth-order valence-electron chi connectivity index (χ4n) is 1.58. The number of halogens is 3. The molecule has 0 aromatic heterocycles. The van der Waals surface area contributed by atoms with Crippen molar-refractivity contribution < 1.29 is 22.6 Å². The van der Waals surface area contributed by atoms with Crippen LogP contribution in [0.25, 0.3) is 0 Å². The van der Waals surface area contributed by atoms with Crippen molar-refractivity contribution in [3.05, 3.63) is 29.6 Å². The number of rotatable bonds is 3. The predicted molar refractivity (Wildman–Crippen MR) is 50.8 cm³/mol. The first-order valence-corrected chi connectivity index (χ1v) is 5.06. The van der Waals surface area contributed by atoms with Crippen LogP contribution >= 0.6 is 0 Å². The van der Waals surface area contributed by atoms with E-state index in [1.807, 2.05) is 0 Å². The molecule has 1 aromatic carbocycles. The molecule has 1 heterocycles. The molecule has 1 aliphatic heterocycles. The molecule has 5 heteroatoms. The summed E-state index contributed by atoms with van der Waals surface area (Å²) in [5.41, 5.74) is 0. The highest BCUT2D eigenvalue weighted by Crippen LogP contribution is 2.20. The largest absolute Gasteiger partial charge is 0.491 e. The molecule has 16 heavy (non-hydrogen) atoms. The summed E-state index contributed by atoms with van der Waals surface area (Å²) >= 11 is 0. The minimum absolute atomic E-state index is 0.0214. The standard InChI is InChI=1S/C11H11F3O2/c12-9-4-8(5-10(13)11(9)14)16-6-7-2-1-3-15-7/h4-5,7H,1-3,6H2/t7-/m1/s1. The van der Waals surface area contributed by atoms with Gasteiger partial charge in [-0.1, -0.05) is 0 Å². The van der Waals surface area contributed by atoms with Gasteiger partial charge in [0.05, 0.1) is 6.10 Å². The quantitative estimate of drug-likeness (QED) is 0.746. The van der Waals surface area contributed by atoms with E-state index in [9.17, 15) is 13.2 Å². The molecule has 1 saturated heterocycles. The van der Waals surface area contributed by atoms with Crippen molar-refractivity contribution in [3.63, 3.8) is 0 Å². The maximum atomic E-state index is 12.8. The van der Waals surface area contributed by atoms with E-state index in [-0.39, 0.29) is 18.5 Å². The Hall–Kier alpha value is -1.23. The molecule has 0 saturated carbocycles. The van der Waals surface area contributed by atoms with E-state index in [0.29, 0.717) is 6.61 Å². The van der Waals surface area contributed by atoms with E-state index in [0.717, 1.165) is 25.0 Å². The summed E-state index contributed by atoms with van der Waals surface area (Å²) in [7, 11) is 0. The first-order valence-electron chi connectivity index (χ1n) is 5.06. The van der Waals surface area contributed by atoms with Crippen LogP contribution in [0.2, 0.25) is 0 Å². The minimum atomic E-state index is -1.48. The van der Waals surface area contributed by atoms with Gasteiger partial charge in [0.15, 0.2) is 17.5 Å². The van der Waals surface area contributed by atoms with Crippen molar-refractivity contribution >= 4 is 0 Å². The van der Waals surface area contributed by atoms with Crippen LogP contribution in [-0.4, -0.2) is 19.3 Å². The van der Waals surface area contributed by atoms with E-state index in [1.165, 1.54) is 0 Å². The van der Waals surface area contributed by atoms with Crippen molar-refractivity contribution in [2.45, 2.75) is 18.9 Å². The monoisotopic (exact) mass is 232 g/mol. The topological polar surface area (TPSA) is 18.5 Å². The highest BCUT2D eigenvalue weighted by molar-refractivity contribution is 5.25. The second-order valence-corrected chi connectivity index (χ2v) is 3.65. The highest BCUT2D eigenvalue weighted by atomic mass is 19.2. The minimum Gasteiger partial charge on any atom is -0.491 e. The summed E-state index contributed by atoms with van der Waals surface area (Å²) in [5.74, 6) is -4.00. The summed E-state index contributed by atoms with van der Waals surface area (Å²) in [5, 5.41) is 0. The van der Waals surface area contributed by atoms with Crippen molar-refractivity contribution in [1.29, 1.82) is 0 Å². The summed E-state index contributed by atoms with van der Waals surface area (Å²) in [6, 6.07) is 1.65. The molecule has 1 aromatic rings. The van der Waals surface area contributed by atoms with Crippen LogP contribution in [0.15, 0.2) is 12.1 Å². The van der Waals surface area contributed by atoms with Gasteiger partial charge in [-0.05, 0) is 12.8 Å². The van der Waals surface area contributed by atoms with Gasteiger partial charge in [0.25, 0.3) is 0 Å². The predicted octanol–water partition coefficient (Wildman–Crippen LogP) is 2.66. The summed E-state index contributed by atoms with van der Waals surface area (Å²) in [4.78, 5) is 0. The highest BCUT2D eigenvalue weighted by Gasteiger charge is 2.17. The number of hydrogen-bond acceptors (Lipinski definition) is 2. The summed E-state index contributed by atoms with van der Waals surface area (Å²) in [6.07, 6.45) is 1.78. The zero-order valence-corrected chi connectivity index (χ0v) is 8.51. The molecule has 0 spiro atoms. The van der Waals surface area contributed by atoms with Gasteiger partial charge in [-0.15, -0.1) is 0 Å². The van der Waals surface area contributed by atoms with Gasteiger partial charge in [-0.3, -0.25) is 0 Å². The normalized spacial score (nSPS) is 20.1. The zero-order valence-electron chi connectivity index (χ0n) is 8.51. The fourth-order valence-corrected chi connectivity index (χ4v) is 1.58. The average Bonchev–Trinajstić information content (AvgIpc) is 2.75. The molecule has 1 aliphatic rings. The SMILES string of the molecule is Fc1cc(OC[C@H]2CCCO2)cc(F)c1F. The molecule has 1 fully saturated rings. The van der Waals surface area contributed by atoms with Gasteiger partial charge in [0.2, 0.25) is 0 Å². The van der Waals surface area contributed by atoms with E-state index in [4.69, 9.17) is 9.47 Å². The average molecular weight is 232 g/mol. The lowest BCUT2D eigenvalue weighted by molar-refractivity contribution is 0.0676. The third kappa shape index (κ3) is 2.47. The molecule has 0 bridgehead atoms. The number of hydrogen-bond donors (Lipinski definition) is 0. The maximum Gasteiger partial charge on any atom is 0.194 e. The Morgan fingerprint density at radius 1 is 1.25 bits per heavy atom. The van der Waals surface area contributed by atoms with E-state index in [1.54, 1.807) is 0 Å². The third-order valence-corrected chi connectivity index (χ3v) is 2.42. The first-order chi connectivity index (χ1) is 7.66. The Morgan fingerprint density at radius 3 is 2.50 bits per heavy atom. The van der Waals surface area contributed by atoms with Crippen LogP contribution in [-0.2, 0) is 4.74 Å². The van der Waals surface area contributed by atoms with E-state index < -0.39 is 17.5 Å². The van der Waals surface area contributed by atoms with Crippen LogP contribution in [0.5, 0.6) is 5.75 Å². The molecular formula is C11H11F3O2. The Balaban J connectivity index is 1.98. The molecule has 0 aliphatic carbocycles. The maximum absolute atomic E-state index is 12.8. The Kier molecular flexibility index (Phi) is 3.33. The van der Waals surface area contributed by atoms with Crippen LogP contribution in [0.1, 0.15) is 12.8 Å². The van der Waals surface area contributed by atoms with Crippen molar-refractivity contribution in [1.82, 2.24) is 0 Å². The summed E-state index contributed by atoms with van der Waals surface area (Å²) < 4.78 is 48.7. The van der Waals surface area contributed by atoms with Crippen LogP contribution in [0, 0.1) is 17.5 Å². The van der Waals surface area contributed by atoms with Gasteiger partial charge in [0, 0.05) is 18.7 Å². The van der Waals surface area contributed by atoms with Gasteiger partial charge < -0.3 is 9.47 Å². The molecule has 2 rings (SSSR count). The molecule has 88 valence electrons. The van der Waals surface area contributed by atoms with Crippen LogP contribution < -0.4 is 4.74 Å². The Bertz CT molecular complexity index is 352. The lowest BCUT2D eigenvalue weighted by Gasteiger charge is -2.11.